The fourth-order valence-corrected chi connectivity index (χ4v) is 2.40. The van der Waals surface area contributed by atoms with Gasteiger partial charge in [-0.15, -0.1) is 0 Å². The van der Waals surface area contributed by atoms with Crippen LogP contribution in [0.25, 0.3) is 0 Å². The third kappa shape index (κ3) is 2.12. The van der Waals surface area contributed by atoms with Gasteiger partial charge in [0, 0.05) is 0 Å². The third-order valence-corrected chi connectivity index (χ3v) is 3.53. The van der Waals surface area contributed by atoms with Crippen LogP contribution in [0.4, 0.5) is 0 Å². The average molecular weight is 166 g/mol. The lowest BCUT2D eigenvalue weighted by Gasteiger charge is -2.35. The minimum Gasteiger partial charge on any atom is -0.0914 e. The van der Waals surface area contributed by atoms with Crippen molar-refractivity contribution >= 4 is 0 Å². The molecule has 1 aliphatic carbocycles. The first-order valence-electron chi connectivity index (χ1n) is 5.28. The van der Waals surface area contributed by atoms with Crippen LogP contribution in [0.1, 0.15) is 40.5 Å². The Bertz CT molecular complexity index is 157. The summed E-state index contributed by atoms with van der Waals surface area (Å²) < 4.78 is 0. The van der Waals surface area contributed by atoms with Gasteiger partial charge in [0.05, 0.1) is 0 Å². The summed E-state index contributed by atoms with van der Waals surface area (Å²) in [4.78, 5) is 0. The Hall–Kier alpha value is -0.260. The van der Waals surface area contributed by atoms with Crippen LogP contribution in [-0.4, -0.2) is 0 Å². The first kappa shape index (κ1) is 9.83. The largest absolute Gasteiger partial charge is 0.0914 e. The van der Waals surface area contributed by atoms with Gasteiger partial charge in [-0.1, -0.05) is 32.9 Å². The molecule has 0 aliphatic heterocycles. The van der Waals surface area contributed by atoms with Gasteiger partial charge in [0.15, 0.2) is 0 Å². The van der Waals surface area contributed by atoms with E-state index in [0.29, 0.717) is 0 Å². The fraction of sp³-hybridized carbons (Fsp3) is 0.833. The molecule has 0 amide bonds. The van der Waals surface area contributed by atoms with Crippen molar-refractivity contribution in [3.05, 3.63) is 12.2 Å². The quantitative estimate of drug-likeness (QED) is 0.519. The molecule has 0 spiro atoms. The van der Waals surface area contributed by atoms with Crippen molar-refractivity contribution in [1.82, 2.24) is 0 Å². The second-order valence-corrected chi connectivity index (χ2v) is 4.59. The van der Waals surface area contributed by atoms with Crippen LogP contribution < -0.4 is 0 Å². The highest BCUT2D eigenvalue weighted by atomic mass is 14.3. The normalized spacial score (nSPS) is 43.7. The molecular formula is C12H22. The van der Waals surface area contributed by atoms with Gasteiger partial charge in [-0.2, -0.15) is 0 Å². The molecule has 0 aromatic heterocycles. The van der Waals surface area contributed by atoms with Gasteiger partial charge in [-0.3, -0.25) is 0 Å². The maximum atomic E-state index is 2.40. The Kier molecular flexibility index (Phi) is 3.37. The molecule has 0 nitrogen and oxygen atoms in total. The van der Waals surface area contributed by atoms with Crippen LogP contribution in [0, 0.1) is 23.7 Å². The van der Waals surface area contributed by atoms with Crippen molar-refractivity contribution < 1.29 is 0 Å². The molecule has 1 saturated carbocycles. The first-order chi connectivity index (χ1) is 5.65. The van der Waals surface area contributed by atoms with Gasteiger partial charge < -0.3 is 0 Å². The van der Waals surface area contributed by atoms with E-state index in [2.05, 4.69) is 39.8 Å². The van der Waals surface area contributed by atoms with Crippen molar-refractivity contribution in [1.29, 1.82) is 0 Å². The first-order valence-corrected chi connectivity index (χ1v) is 5.28. The maximum absolute atomic E-state index is 2.40. The van der Waals surface area contributed by atoms with Crippen LogP contribution in [0.5, 0.6) is 0 Å². The SMILES string of the molecule is CC=CC1CC(C)C(C)CC1C. The van der Waals surface area contributed by atoms with E-state index in [1.54, 1.807) is 0 Å². The van der Waals surface area contributed by atoms with E-state index in [0.717, 1.165) is 23.7 Å². The topological polar surface area (TPSA) is 0 Å². The van der Waals surface area contributed by atoms with Crippen LogP contribution in [0.15, 0.2) is 12.2 Å². The highest BCUT2D eigenvalue weighted by Gasteiger charge is 2.28. The molecule has 1 rings (SSSR count). The summed E-state index contributed by atoms with van der Waals surface area (Å²) in [5, 5.41) is 0. The molecule has 0 aromatic carbocycles. The molecule has 0 aromatic rings. The lowest BCUT2D eigenvalue weighted by Crippen LogP contribution is -2.26. The second kappa shape index (κ2) is 4.11. The fourth-order valence-electron chi connectivity index (χ4n) is 2.40. The molecule has 0 bridgehead atoms. The molecule has 0 saturated heterocycles. The summed E-state index contributed by atoms with van der Waals surface area (Å²) in [5.74, 6) is 3.59. The van der Waals surface area contributed by atoms with Crippen LogP contribution in [-0.2, 0) is 0 Å². The molecule has 0 radical (unpaired) electrons. The molecule has 70 valence electrons. The molecular weight excluding hydrogens is 144 g/mol. The van der Waals surface area contributed by atoms with Crippen molar-refractivity contribution in [3.8, 4) is 0 Å². The van der Waals surface area contributed by atoms with E-state index in [4.69, 9.17) is 0 Å². The Labute approximate surface area is 77.1 Å². The lowest BCUT2D eigenvalue weighted by molar-refractivity contribution is 0.174. The van der Waals surface area contributed by atoms with Gasteiger partial charge in [0.1, 0.15) is 0 Å². The van der Waals surface area contributed by atoms with Crippen molar-refractivity contribution in [2.24, 2.45) is 23.7 Å². The Morgan fingerprint density at radius 1 is 0.917 bits per heavy atom. The van der Waals surface area contributed by atoms with E-state index >= 15 is 0 Å². The third-order valence-electron chi connectivity index (χ3n) is 3.53. The van der Waals surface area contributed by atoms with Gasteiger partial charge in [0.25, 0.3) is 0 Å². The zero-order valence-electron chi connectivity index (χ0n) is 8.88. The maximum Gasteiger partial charge on any atom is -0.0205 e. The smallest absolute Gasteiger partial charge is 0.0205 e. The Balaban J connectivity index is 2.55. The predicted octanol–water partition coefficient (Wildman–Crippen LogP) is 3.88. The molecule has 1 aliphatic rings. The van der Waals surface area contributed by atoms with Crippen molar-refractivity contribution in [2.75, 3.05) is 0 Å². The zero-order valence-corrected chi connectivity index (χ0v) is 8.88. The highest BCUT2D eigenvalue weighted by Crippen LogP contribution is 2.37. The number of rotatable bonds is 1. The van der Waals surface area contributed by atoms with Crippen molar-refractivity contribution in [2.45, 2.75) is 40.5 Å². The van der Waals surface area contributed by atoms with Crippen LogP contribution in [0.3, 0.4) is 0 Å². The Morgan fingerprint density at radius 2 is 1.50 bits per heavy atom. The summed E-state index contributed by atoms with van der Waals surface area (Å²) in [6.45, 7) is 9.32. The Morgan fingerprint density at radius 3 is 2.08 bits per heavy atom. The van der Waals surface area contributed by atoms with E-state index in [9.17, 15) is 0 Å². The molecule has 0 N–H and O–H groups in total. The second-order valence-electron chi connectivity index (χ2n) is 4.59. The molecule has 1 fully saturated rings. The monoisotopic (exact) mass is 166 g/mol. The van der Waals surface area contributed by atoms with E-state index in [1.807, 2.05) is 0 Å². The van der Waals surface area contributed by atoms with Crippen LogP contribution in [0.2, 0.25) is 0 Å². The van der Waals surface area contributed by atoms with E-state index in [-0.39, 0.29) is 0 Å². The summed E-state index contributed by atoms with van der Waals surface area (Å²) in [6, 6.07) is 0. The van der Waals surface area contributed by atoms with Gasteiger partial charge in [-0.05, 0) is 43.4 Å². The molecule has 4 unspecified atom stereocenters. The number of allylic oxidation sites excluding steroid dienone is 2. The summed E-state index contributed by atoms with van der Waals surface area (Å²) >= 11 is 0. The highest BCUT2D eigenvalue weighted by molar-refractivity contribution is 4.93. The van der Waals surface area contributed by atoms with Gasteiger partial charge in [0.2, 0.25) is 0 Å². The average Bonchev–Trinajstić information content (AvgIpc) is 2.01. The van der Waals surface area contributed by atoms with Crippen molar-refractivity contribution in [3.63, 3.8) is 0 Å². The molecule has 0 heteroatoms. The molecule has 0 heterocycles. The standard InChI is InChI=1S/C12H22/c1-5-6-12-8-10(3)9(2)7-11(12)4/h5-6,9-12H,7-8H2,1-4H3. The van der Waals surface area contributed by atoms with Gasteiger partial charge in [-0.25, -0.2) is 0 Å². The lowest BCUT2D eigenvalue weighted by atomic mass is 9.70. The van der Waals surface area contributed by atoms with E-state index < -0.39 is 0 Å². The minimum atomic E-state index is 0.848. The molecule has 12 heavy (non-hydrogen) atoms. The van der Waals surface area contributed by atoms with E-state index in [1.165, 1.54) is 12.8 Å². The minimum absolute atomic E-state index is 0.848. The number of hydrogen-bond acceptors (Lipinski definition) is 0. The summed E-state index contributed by atoms with van der Waals surface area (Å²) in [5.41, 5.74) is 0. The van der Waals surface area contributed by atoms with Gasteiger partial charge >= 0.3 is 0 Å². The predicted molar refractivity (Wildman–Crippen MR) is 55.0 cm³/mol. The van der Waals surface area contributed by atoms with Crippen LogP contribution >= 0.6 is 0 Å². The zero-order chi connectivity index (χ0) is 9.14. The molecule has 4 atom stereocenters. The summed E-state index contributed by atoms with van der Waals surface area (Å²) in [6.07, 6.45) is 7.42. The summed E-state index contributed by atoms with van der Waals surface area (Å²) in [7, 11) is 0. The number of hydrogen-bond donors (Lipinski definition) is 0.